The molecule has 0 aliphatic rings. The van der Waals surface area contributed by atoms with Gasteiger partial charge >= 0.3 is 6.09 Å². The summed E-state index contributed by atoms with van der Waals surface area (Å²) < 4.78 is 18.1. The topological polar surface area (TPSA) is 85.9 Å². The quantitative estimate of drug-likeness (QED) is 0.446. The second kappa shape index (κ2) is 9.25. The molecule has 6 nitrogen and oxygen atoms in total. The predicted octanol–water partition coefficient (Wildman–Crippen LogP) is 3.55. The molecule has 140 valence electrons. The Labute approximate surface area is 148 Å². The van der Waals surface area contributed by atoms with Crippen LogP contribution in [-0.2, 0) is 16.2 Å². The normalized spacial score (nSPS) is 13.5. The number of hydrogen-bond acceptors (Lipinski definition) is 4. The summed E-state index contributed by atoms with van der Waals surface area (Å²) >= 11 is 0. The third kappa shape index (κ3) is 8.93. The Morgan fingerprint density at radius 1 is 1.28 bits per heavy atom. The standard InChI is InChI=1S/C18H28FN3O3/c1-12(2)10-15(21-17(23)25-18(3,4)5)16(20)22-24-11-13-6-8-14(19)9-7-13/h6-9,12,15H,10-11H2,1-5H3,(H2,20,22)(H,21,23). The van der Waals surface area contributed by atoms with Crippen LogP contribution in [0.25, 0.3) is 0 Å². The highest BCUT2D eigenvalue weighted by Crippen LogP contribution is 2.10. The number of amidine groups is 1. The highest BCUT2D eigenvalue weighted by molar-refractivity contribution is 5.88. The zero-order chi connectivity index (χ0) is 19.0. The number of halogens is 1. The lowest BCUT2D eigenvalue weighted by Gasteiger charge is -2.24. The molecule has 7 heteroatoms. The Bertz CT molecular complexity index is 580. The van der Waals surface area contributed by atoms with Gasteiger partial charge in [-0.25, -0.2) is 9.18 Å². The molecule has 25 heavy (non-hydrogen) atoms. The largest absolute Gasteiger partial charge is 0.444 e. The van der Waals surface area contributed by atoms with Crippen molar-refractivity contribution in [3.63, 3.8) is 0 Å². The molecule has 3 N–H and O–H groups in total. The van der Waals surface area contributed by atoms with E-state index in [1.807, 2.05) is 13.8 Å². The van der Waals surface area contributed by atoms with Gasteiger partial charge in [0.25, 0.3) is 0 Å². The highest BCUT2D eigenvalue weighted by atomic mass is 19.1. The van der Waals surface area contributed by atoms with Crippen molar-refractivity contribution < 1.29 is 18.8 Å². The van der Waals surface area contributed by atoms with E-state index in [1.165, 1.54) is 12.1 Å². The van der Waals surface area contributed by atoms with Gasteiger partial charge < -0.3 is 20.6 Å². The summed E-state index contributed by atoms with van der Waals surface area (Å²) in [6.07, 6.45) is 0.0314. The van der Waals surface area contributed by atoms with Gasteiger partial charge in [-0.05, 0) is 50.8 Å². The molecule has 1 unspecified atom stereocenters. The van der Waals surface area contributed by atoms with Gasteiger partial charge in [0.1, 0.15) is 18.0 Å². The monoisotopic (exact) mass is 353 g/mol. The van der Waals surface area contributed by atoms with Crippen LogP contribution in [0.5, 0.6) is 0 Å². The number of nitrogens with zero attached hydrogens (tertiary/aromatic N) is 1. The van der Waals surface area contributed by atoms with Crippen LogP contribution in [0.1, 0.15) is 46.6 Å². The maximum absolute atomic E-state index is 12.9. The van der Waals surface area contributed by atoms with E-state index in [1.54, 1.807) is 32.9 Å². The molecular formula is C18H28FN3O3. The first-order chi connectivity index (χ1) is 11.6. The van der Waals surface area contributed by atoms with E-state index in [-0.39, 0.29) is 24.2 Å². The number of alkyl carbamates (subject to hydrolysis) is 1. The van der Waals surface area contributed by atoms with Crippen LogP contribution in [0.15, 0.2) is 29.4 Å². The molecule has 0 spiro atoms. The van der Waals surface area contributed by atoms with Crippen LogP contribution in [0.4, 0.5) is 9.18 Å². The average molecular weight is 353 g/mol. The van der Waals surface area contributed by atoms with Crippen LogP contribution in [-0.4, -0.2) is 23.6 Å². The maximum Gasteiger partial charge on any atom is 0.408 e. The van der Waals surface area contributed by atoms with E-state index in [4.69, 9.17) is 15.3 Å². The number of nitrogens with one attached hydrogen (secondary N) is 1. The SMILES string of the molecule is CC(C)CC(NC(=O)OC(C)(C)C)C(N)=NOCc1ccc(F)cc1. The highest BCUT2D eigenvalue weighted by Gasteiger charge is 2.22. The van der Waals surface area contributed by atoms with Crippen LogP contribution >= 0.6 is 0 Å². The average Bonchev–Trinajstić information content (AvgIpc) is 2.46. The third-order valence-corrected chi connectivity index (χ3v) is 3.07. The minimum atomic E-state index is -0.600. The number of rotatable bonds is 7. The van der Waals surface area contributed by atoms with E-state index in [2.05, 4.69) is 10.5 Å². The number of ether oxygens (including phenoxy) is 1. The van der Waals surface area contributed by atoms with Crippen molar-refractivity contribution in [2.24, 2.45) is 16.8 Å². The Balaban J connectivity index is 2.66. The molecule has 1 aromatic rings. The van der Waals surface area contributed by atoms with E-state index in [0.29, 0.717) is 6.42 Å². The summed E-state index contributed by atoms with van der Waals surface area (Å²) in [5.74, 6) is 0.123. The van der Waals surface area contributed by atoms with Crippen molar-refractivity contribution in [2.75, 3.05) is 0 Å². The van der Waals surface area contributed by atoms with Gasteiger partial charge in [0.05, 0.1) is 6.04 Å². The van der Waals surface area contributed by atoms with Crippen molar-refractivity contribution in [2.45, 2.75) is 59.3 Å². The maximum atomic E-state index is 12.9. The van der Waals surface area contributed by atoms with Gasteiger partial charge in [0.2, 0.25) is 0 Å². The van der Waals surface area contributed by atoms with Gasteiger partial charge in [-0.15, -0.1) is 0 Å². The molecule has 0 saturated carbocycles. The molecule has 0 heterocycles. The summed E-state index contributed by atoms with van der Waals surface area (Å²) in [6.45, 7) is 9.53. The lowest BCUT2D eigenvalue weighted by atomic mass is 10.0. The molecule has 1 aromatic carbocycles. The minimum absolute atomic E-state index is 0.154. The summed E-state index contributed by atoms with van der Waals surface area (Å²) in [5, 5.41) is 6.59. The number of amides is 1. The molecule has 0 aliphatic carbocycles. The van der Waals surface area contributed by atoms with Crippen LogP contribution in [0, 0.1) is 11.7 Å². The van der Waals surface area contributed by atoms with Crippen molar-refractivity contribution in [3.8, 4) is 0 Å². The summed E-state index contributed by atoms with van der Waals surface area (Å²) in [5.41, 5.74) is 6.12. The van der Waals surface area contributed by atoms with Gasteiger partial charge in [0, 0.05) is 0 Å². The van der Waals surface area contributed by atoms with Crippen molar-refractivity contribution in [1.29, 1.82) is 0 Å². The van der Waals surface area contributed by atoms with Crippen molar-refractivity contribution in [1.82, 2.24) is 5.32 Å². The second-order valence-electron chi connectivity index (χ2n) is 7.24. The van der Waals surface area contributed by atoms with Crippen LogP contribution in [0.2, 0.25) is 0 Å². The zero-order valence-corrected chi connectivity index (χ0v) is 15.5. The third-order valence-electron chi connectivity index (χ3n) is 3.07. The summed E-state index contributed by atoms with van der Waals surface area (Å²) in [7, 11) is 0. The molecule has 1 atom stereocenters. The fourth-order valence-corrected chi connectivity index (χ4v) is 2.00. The first-order valence-corrected chi connectivity index (χ1v) is 8.26. The number of carbonyl (C=O) groups excluding carboxylic acids is 1. The minimum Gasteiger partial charge on any atom is -0.444 e. The fourth-order valence-electron chi connectivity index (χ4n) is 2.00. The predicted molar refractivity (Wildman–Crippen MR) is 95.4 cm³/mol. The molecule has 1 rings (SSSR count). The number of oxime groups is 1. The number of hydrogen-bond donors (Lipinski definition) is 2. The molecule has 0 radical (unpaired) electrons. The van der Waals surface area contributed by atoms with E-state index >= 15 is 0 Å². The molecule has 0 aromatic heterocycles. The van der Waals surface area contributed by atoms with Crippen LogP contribution in [0.3, 0.4) is 0 Å². The van der Waals surface area contributed by atoms with Gasteiger partial charge in [-0.3, -0.25) is 0 Å². The zero-order valence-electron chi connectivity index (χ0n) is 15.5. The van der Waals surface area contributed by atoms with Crippen molar-refractivity contribution >= 4 is 11.9 Å². The van der Waals surface area contributed by atoms with Crippen LogP contribution < -0.4 is 11.1 Å². The Morgan fingerprint density at radius 2 is 1.88 bits per heavy atom. The second-order valence-corrected chi connectivity index (χ2v) is 7.24. The van der Waals surface area contributed by atoms with Crippen molar-refractivity contribution in [3.05, 3.63) is 35.6 Å². The molecule has 0 fully saturated rings. The molecule has 0 saturated heterocycles. The number of carbonyl (C=O) groups is 1. The molecule has 1 amide bonds. The van der Waals surface area contributed by atoms with E-state index in [0.717, 1.165) is 5.56 Å². The fraction of sp³-hybridized carbons (Fsp3) is 0.556. The Morgan fingerprint density at radius 3 is 2.40 bits per heavy atom. The van der Waals surface area contributed by atoms with Gasteiger partial charge in [-0.2, -0.15) is 0 Å². The van der Waals surface area contributed by atoms with E-state index in [9.17, 15) is 9.18 Å². The number of nitrogens with two attached hydrogens (primary N) is 1. The van der Waals surface area contributed by atoms with E-state index < -0.39 is 17.7 Å². The summed E-state index contributed by atoms with van der Waals surface area (Å²) in [6, 6.07) is 5.40. The first kappa shape index (κ1) is 20.7. The summed E-state index contributed by atoms with van der Waals surface area (Å²) in [4.78, 5) is 17.2. The lowest BCUT2D eigenvalue weighted by molar-refractivity contribution is 0.0512. The Kier molecular flexibility index (Phi) is 7.67. The molecule has 0 bridgehead atoms. The smallest absolute Gasteiger partial charge is 0.408 e. The molecular weight excluding hydrogens is 325 g/mol. The Hall–Kier alpha value is -2.31. The molecule has 0 aliphatic heterocycles. The van der Waals surface area contributed by atoms with Gasteiger partial charge in [-0.1, -0.05) is 31.1 Å². The lowest BCUT2D eigenvalue weighted by Crippen LogP contribution is -2.47. The number of benzene rings is 1. The van der Waals surface area contributed by atoms with Gasteiger partial charge in [0.15, 0.2) is 5.84 Å². The first-order valence-electron chi connectivity index (χ1n) is 8.26.